The number of nitrogens with zero attached hydrogens (tertiary/aromatic N) is 1. The summed E-state index contributed by atoms with van der Waals surface area (Å²) in [6.45, 7) is 4.67. The molecule has 0 aliphatic heterocycles. The van der Waals surface area contributed by atoms with Crippen molar-refractivity contribution in [3.05, 3.63) is 45.7 Å². The Balaban J connectivity index is 2.90. The fourth-order valence-corrected chi connectivity index (χ4v) is 2.14. The van der Waals surface area contributed by atoms with Crippen LogP contribution in [0.1, 0.15) is 18.1 Å². The third-order valence-electron chi connectivity index (χ3n) is 2.79. The Hall–Kier alpha value is -1.28. The normalized spacial score (nSPS) is 10.9. The van der Waals surface area contributed by atoms with Gasteiger partial charge in [-0.1, -0.05) is 12.1 Å². The molecule has 0 atom stereocenters. The van der Waals surface area contributed by atoms with Gasteiger partial charge in [0.1, 0.15) is 0 Å². The lowest BCUT2D eigenvalue weighted by Gasteiger charge is -2.10. The summed E-state index contributed by atoms with van der Waals surface area (Å²) in [6.07, 6.45) is 0. The molecule has 0 radical (unpaired) electrons. The van der Waals surface area contributed by atoms with Gasteiger partial charge in [-0.05, 0) is 36.9 Å². The van der Waals surface area contributed by atoms with E-state index in [1.54, 1.807) is 4.57 Å². The molecule has 2 aromatic rings. The number of benzene rings is 1. The lowest BCUT2D eigenvalue weighted by Crippen LogP contribution is -2.22. The van der Waals surface area contributed by atoms with Crippen LogP contribution in [0.4, 0.5) is 0 Å². The molecule has 16 heavy (non-hydrogen) atoms. The molecule has 1 heterocycles. The molecule has 1 aromatic carbocycles. The van der Waals surface area contributed by atoms with Crippen LogP contribution in [0.3, 0.4) is 0 Å². The van der Waals surface area contributed by atoms with E-state index in [2.05, 4.69) is 0 Å². The number of aryl methyl sites for hydroxylation is 2. The van der Waals surface area contributed by atoms with Gasteiger partial charge in [0.25, 0.3) is 5.56 Å². The molecule has 84 valence electrons. The van der Waals surface area contributed by atoms with E-state index in [9.17, 15) is 4.79 Å². The highest BCUT2D eigenvalue weighted by molar-refractivity contribution is 6.17. The molecule has 0 aliphatic rings. The second-order valence-corrected chi connectivity index (χ2v) is 4.18. The Morgan fingerprint density at radius 2 is 2.06 bits per heavy atom. The number of alkyl halides is 1. The Bertz CT molecular complexity index is 586. The summed E-state index contributed by atoms with van der Waals surface area (Å²) in [7, 11) is 0. The van der Waals surface area contributed by atoms with Gasteiger partial charge in [0.05, 0.1) is 11.4 Å². The lowest BCUT2D eigenvalue weighted by atomic mass is 10.1. The topological polar surface area (TPSA) is 22.0 Å². The maximum atomic E-state index is 12.0. The van der Waals surface area contributed by atoms with E-state index in [0.717, 1.165) is 16.5 Å². The zero-order valence-corrected chi connectivity index (χ0v) is 10.2. The predicted octanol–water partition coefficient (Wildman–Crippen LogP) is 3.07. The van der Waals surface area contributed by atoms with Gasteiger partial charge in [0.2, 0.25) is 0 Å². The molecule has 0 unspecified atom stereocenters. The van der Waals surface area contributed by atoms with Crippen molar-refractivity contribution in [2.75, 3.05) is 0 Å². The van der Waals surface area contributed by atoms with Crippen LogP contribution in [0.15, 0.2) is 29.1 Å². The number of aromatic nitrogens is 1. The number of rotatable bonds is 2. The van der Waals surface area contributed by atoms with E-state index in [-0.39, 0.29) is 11.4 Å². The van der Waals surface area contributed by atoms with Gasteiger partial charge in [-0.3, -0.25) is 4.79 Å². The third kappa shape index (κ3) is 1.74. The van der Waals surface area contributed by atoms with Gasteiger partial charge in [0, 0.05) is 12.1 Å². The first-order valence-electron chi connectivity index (χ1n) is 5.36. The molecule has 0 aliphatic carbocycles. The second kappa shape index (κ2) is 4.30. The number of hydrogen-bond acceptors (Lipinski definition) is 1. The summed E-state index contributed by atoms with van der Waals surface area (Å²) in [5.74, 6) is 0.267. The van der Waals surface area contributed by atoms with Crippen molar-refractivity contribution in [3.8, 4) is 0 Å². The van der Waals surface area contributed by atoms with Crippen molar-refractivity contribution in [2.45, 2.75) is 26.3 Å². The zero-order chi connectivity index (χ0) is 11.7. The van der Waals surface area contributed by atoms with Crippen LogP contribution in [0.2, 0.25) is 0 Å². The van der Waals surface area contributed by atoms with Gasteiger partial charge in [-0.2, -0.15) is 0 Å². The molecule has 0 bridgehead atoms. The third-order valence-corrected chi connectivity index (χ3v) is 3.07. The smallest absolute Gasteiger partial charge is 0.255 e. The lowest BCUT2D eigenvalue weighted by molar-refractivity contribution is 0.752. The summed E-state index contributed by atoms with van der Waals surface area (Å²) in [5.41, 5.74) is 2.84. The van der Waals surface area contributed by atoms with E-state index in [0.29, 0.717) is 12.1 Å². The predicted molar refractivity (Wildman–Crippen MR) is 68.2 cm³/mol. The molecular formula is C13H14ClNO. The van der Waals surface area contributed by atoms with E-state index < -0.39 is 0 Å². The van der Waals surface area contributed by atoms with Crippen LogP contribution in [0.5, 0.6) is 0 Å². The molecule has 1 aromatic heterocycles. The number of fused-ring (bicyclic) bond motifs is 1. The summed E-state index contributed by atoms with van der Waals surface area (Å²) < 4.78 is 1.78. The standard InChI is InChI=1S/C13H14ClNO/c1-3-15-12-6-9(2)4-5-10(12)7-11(8-14)13(15)16/h4-7H,3,8H2,1-2H3. The van der Waals surface area contributed by atoms with Crippen LogP contribution in [-0.2, 0) is 12.4 Å². The van der Waals surface area contributed by atoms with E-state index in [1.165, 1.54) is 0 Å². The first-order chi connectivity index (χ1) is 7.67. The van der Waals surface area contributed by atoms with Gasteiger partial charge in [-0.25, -0.2) is 0 Å². The van der Waals surface area contributed by atoms with Crippen molar-refractivity contribution in [3.63, 3.8) is 0 Å². The molecule has 0 saturated carbocycles. The first kappa shape index (κ1) is 11.2. The summed E-state index contributed by atoms with van der Waals surface area (Å²) >= 11 is 5.78. The summed E-state index contributed by atoms with van der Waals surface area (Å²) in [5, 5.41) is 1.07. The monoisotopic (exact) mass is 235 g/mol. The molecule has 0 fully saturated rings. The van der Waals surface area contributed by atoms with Crippen LogP contribution in [0.25, 0.3) is 10.9 Å². The van der Waals surface area contributed by atoms with Crippen molar-refractivity contribution >= 4 is 22.5 Å². The maximum Gasteiger partial charge on any atom is 0.255 e. The second-order valence-electron chi connectivity index (χ2n) is 3.91. The molecule has 0 N–H and O–H groups in total. The molecule has 0 spiro atoms. The Morgan fingerprint density at radius 3 is 2.69 bits per heavy atom. The SMILES string of the molecule is CCn1c(=O)c(CCl)cc2ccc(C)cc21. The van der Waals surface area contributed by atoms with Gasteiger partial charge >= 0.3 is 0 Å². The maximum absolute atomic E-state index is 12.0. The largest absolute Gasteiger partial charge is 0.308 e. The fourth-order valence-electron chi connectivity index (χ4n) is 1.95. The van der Waals surface area contributed by atoms with Crippen molar-refractivity contribution in [1.82, 2.24) is 4.57 Å². The van der Waals surface area contributed by atoms with Gasteiger partial charge in [-0.15, -0.1) is 11.6 Å². The minimum atomic E-state index is 0.0237. The molecule has 2 rings (SSSR count). The molecule has 0 amide bonds. The van der Waals surface area contributed by atoms with Crippen LogP contribution < -0.4 is 5.56 Å². The molecule has 0 saturated heterocycles. The first-order valence-corrected chi connectivity index (χ1v) is 5.90. The van der Waals surface area contributed by atoms with Crippen LogP contribution in [-0.4, -0.2) is 4.57 Å². The van der Waals surface area contributed by atoms with Crippen molar-refractivity contribution in [2.24, 2.45) is 0 Å². The quantitative estimate of drug-likeness (QED) is 0.734. The van der Waals surface area contributed by atoms with E-state index in [4.69, 9.17) is 11.6 Å². The number of halogens is 1. The Labute approximate surface area is 99.5 Å². The van der Waals surface area contributed by atoms with Crippen molar-refractivity contribution < 1.29 is 0 Å². The molecular weight excluding hydrogens is 222 g/mol. The number of pyridine rings is 1. The van der Waals surface area contributed by atoms with Gasteiger partial charge in [0.15, 0.2) is 0 Å². The molecule has 2 nitrogen and oxygen atoms in total. The average Bonchev–Trinajstić information content (AvgIpc) is 2.28. The van der Waals surface area contributed by atoms with Gasteiger partial charge < -0.3 is 4.57 Å². The number of hydrogen-bond donors (Lipinski definition) is 0. The minimum Gasteiger partial charge on any atom is -0.308 e. The highest BCUT2D eigenvalue weighted by atomic mass is 35.5. The average molecular weight is 236 g/mol. The van der Waals surface area contributed by atoms with Crippen molar-refractivity contribution in [1.29, 1.82) is 0 Å². The van der Waals surface area contributed by atoms with E-state index >= 15 is 0 Å². The summed E-state index contributed by atoms with van der Waals surface area (Å²) in [4.78, 5) is 12.0. The zero-order valence-electron chi connectivity index (χ0n) is 9.46. The Morgan fingerprint density at radius 1 is 1.31 bits per heavy atom. The molecule has 3 heteroatoms. The highest BCUT2D eigenvalue weighted by Gasteiger charge is 2.07. The van der Waals surface area contributed by atoms with Crippen LogP contribution in [0, 0.1) is 6.92 Å². The highest BCUT2D eigenvalue weighted by Crippen LogP contribution is 2.16. The minimum absolute atomic E-state index is 0.0237. The van der Waals surface area contributed by atoms with E-state index in [1.807, 2.05) is 38.1 Å². The fraction of sp³-hybridized carbons (Fsp3) is 0.308. The summed E-state index contributed by atoms with van der Waals surface area (Å²) in [6, 6.07) is 8.01. The van der Waals surface area contributed by atoms with Crippen LogP contribution >= 0.6 is 11.6 Å². The Kier molecular flexibility index (Phi) is 3.01.